The average molecular weight is 378 g/mol. The number of non-ortho nitro benzene ring substituents is 1. The first-order valence-electron chi connectivity index (χ1n) is 6.88. The zero-order chi connectivity index (χ0) is 18.4. The van der Waals surface area contributed by atoms with E-state index in [1.54, 1.807) is 0 Å². The average Bonchev–Trinajstić information content (AvgIpc) is 3.06. The smallest absolute Gasteiger partial charge is 0.394 e. The van der Waals surface area contributed by atoms with Gasteiger partial charge in [0.05, 0.1) is 30.4 Å². The molecule has 2 aromatic rings. The van der Waals surface area contributed by atoms with E-state index < -0.39 is 32.1 Å². The summed E-state index contributed by atoms with van der Waals surface area (Å²) in [6.07, 6.45) is -1.30. The van der Waals surface area contributed by atoms with Crippen LogP contribution in [0.4, 0.5) is 11.4 Å². The van der Waals surface area contributed by atoms with Gasteiger partial charge in [-0.05, 0) is 16.4 Å². The molecule has 14 heteroatoms. The molecule has 13 nitrogen and oxygen atoms in total. The minimum absolute atomic E-state index is 0.0370. The van der Waals surface area contributed by atoms with Crippen molar-refractivity contribution < 1.29 is 38.3 Å². The van der Waals surface area contributed by atoms with Gasteiger partial charge in [0.25, 0.3) is 0 Å². The molecule has 0 aliphatic heterocycles. The van der Waals surface area contributed by atoms with Crippen molar-refractivity contribution in [3.05, 3.63) is 22.2 Å². The quantitative estimate of drug-likeness (QED) is 0.188. The van der Waals surface area contributed by atoms with E-state index in [0.29, 0.717) is 5.69 Å². The summed E-state index contributed by atoms with van der Waals surface area (Å²) in [5.74, 6) is 0. The molecule has 1 heterocycles. The van der Waals surface area contributed by atoms with E-state index in [2.05, 4.69) is 29.3 Å². The number of aromatic nitrogens is 2. The van der Waals surface area contributed by atoms with Crippen molar-refractivity contribution in [2.24, 2.45) is 0 Å². The topological polar surface area (TPSA) is 190 Å². The third kappa shape index (κ3) is 5.16. The van der Waals surface area contributed by atoms with Crippen LogP contribution in [0.15, 0.2) is 16.8 Å². The molecular weight excluding hydrogens is 363 g/mol. The number of benzene rings is 1. The summed E-state index contributed by atoms with van der Waals surface area (Å²) in [5, 5.41) is 38.3. The highest BCUT2D eigenvalue weighted by Gasteiger charge is 2.23. The summed E-state index contributed by atoms with van der Waals surface area (Å²) in [4.78, 5) is 19.6. The highest BCUT2D eigenvalue weighted by Crippen LogP contribution is 2.43. The number of nitro benzene ring substituents is 1. The molecule has 1 unspecified atom stereocenters. The number of hydrogen-bond acceptors (Lipinski definition) is 11. The third-order valence-corrected chi connectivity index (χ3v) is 3.89. The molecule has 2 atom stereocenters. The van der Waals surface area contributed by atoms with Gasteiger partial charge >= 0.3 is 13.5 Å². The predicted octanol–water partition coefficient (Wildman–Crippen LogP) is 0.0297. The van der Waals surface area contributed by atoms with Gasteiger partial charge in [-0.3, -0.25) is 19.2 Å². The third-order valence-electron chi connectivity index (χ3n) is 2.90. The summed E-state index contributed by atoms with van der Waals surface area (Å²) in [5.41, 5.74) is 0.178. The van der Waals surface area contributed by atoms with Crippen LogP contribution in [0.3, 0.4) is 0 Å². The van der Waals surface area contributed by atoms with Gasteiger partial charge in [-0.1, -0.05) is 0 Å². The number of nitro groups is 1. The Labute approximate surface area is 139 Å². The van der Waals surface area contributed by atoms with Crippen molar-refractivity contribution in [3.8, 4) is 0 Å². The predicted molar refractivity (Wildman–Crippen MR) is 81.8 cm³/mol. The summed E-state index contributed by atoms with van der Waals surface area (Å²) >= 11 is 0. The van der Waals surface area contributed by atoms with Crippen molar-refractivity contribution in [3.63, 3.8) is 0 Å². The Morgan fingerprint density at radius 2 is 2.08 bits per heavy atom. The van der Waals surface area contributed by atoms with E-state index in [-0.39, 0.29) is 29.9 Å². The highest BCUT2D eigenvalue weighted by molar-refractivity contribution is 7.47. The maximum absolute atomic E-state index is 11.5. The van der Waals surface area contributed by atoms with Crippen LogP contribution in [0.5, 0.6) is 0 Å². The number of hydrogen-bond donors (Lipinski definition) is 4. The van der Waals surface area contributed by atoms with Gasteiger partial charge < -0.3 is 20.4 Å². The van der Waals surface area contributed by atoms with Crippen molar-refractivity contribution in [2.45, 2.75) is 6.10 Å². The van der Waals surface area contributed by atoms with E-state index in [1.165, 1.54) is 12.1 Å². The maximum Gasteiger partial charge on any atom is 0.472 e. The molecule has 0 amide bonds. The number of nitrogens with one attached hydrogen (secondary N) is 1. The molecule has 0 aliphatic carbocycles. The second-order valence-electron chi connectivity index (χ2n) is 4.71. The lowest BCUT2D eigenvalue weighted by atomic mass is 10.2. The van der Waals surface area contributed by atoms with Crippen LogP contribution in [-0.2, 0) is 13.6 Å². The van der Waals surface area contributed by atoms with E-state index in [9.17, 15) is 19.6 Å². The molecule has 1 aromatic heterocycles. The number of aliphatic hydroxyl groups excluding tert-OH is 2. The molecule has 0 bridgehead atoms. The molecule has 0 saturated heterocycles. The van der Waals surface area contributed by atoms with Crippen molar-refractivity contribution in [2.75, 3.05) is 31.7 Å². The Kier molecular flexibility index (Phi) is 6.36. The van der Waals surface area contributed by atoms with Crippen LogP contribution in [0.25, 0.3) is 11.0 Å². The molecule has 25 heavy (non-hydrogen) atoms. The first-order valence-corrected chi connectivity index (χ1v) is 8.38. The van der Waals surface area contributed by atoms with Gasteiger partial charge in [0.2, 0.25) is 5.52 Å². The van der Waals surface area contributed by atoms with Gasteiger partial charge in [0.1, 0.15) is 6.10 Å². The van der Waals surface area contributed by atoms with E-state index in [4.69, 9.17) is 10.2 Å². The van der Waals surface area contributed by atoms with Gasteiger partial charge in [0.15, 0.2) is 5.52 Å². The Hall–Kier alpha value is -2.15. The zero-order valence-electron chi connectivity index (χ0n) is 12.6. The fourth-order valence-electron chi connectivity index (χ4n) is 1.76. The highest BCUT2D eigenvalue weighted by atomic mass is 31.2. The molecule has 2 rings (SSSR count). The lowest BCUT2D eigenvalue weighted by Crippen LogP contribution is -2.19. The molecule has 138 valence electrons. The Balaban J connectivity index is 1.89. The van der Waals surface area contributed by atoms with Crippen LogP contribution in [0, 0.1) is 10.1 Å². The molecule has 0 saturated carbocycles. The van der Waals surface area contributed by atoms with Crippen LogP contribution in [0.1, 0.15) is 0 Å². The molecule has 1 aromatic carbocycles. The van der Waals surface area contributed by atoms with Crippen LogP contribution < -0.4 is 5.32 Å². The minimum Gasteiger partial charge on any atom is -0.394 e. The zero-order valence-corrected chi connectivity index (χ0v) is 13.5. The summed E-state index contributed by atoms with van der Waals surface area (Å²) < 4.78 is 25.2. The summed E-state index contributed by atoms with van der Waals surface area (Å²) in [7, 11) is -4.38. The largest absolute Gasteiger partial charge is 0.472 e. The van der Waals surface area contributed by atoms with Crippen molar-refractivity contribution in [1.82, 2.24) is 10.3 Å². The van der Waals surface area contributed by atoms with Gasteiger partial charge in [-0.25, -0.2) is 9.19 Å². The van der Waals surface area contributed by atoms with E-state index in [1.807, 2.05) is 0 Å². The molecular formula is C11H15N4O9P. The number of rotatable bonds is 10. The first-order chi connectivity index (χ1) is 11.8. The number of aliphatic hydroxyl groups is 2. The van der Waals surface area contributed by atoms with Crippen LogP contribution in [0.2, 0.25) is 0 Å². The van der Waals surface area contributed by atoms with E-state index >= 15 is 0 Å². The second-order valence-corrected chi connectivity index (χ2v) is 6.17. The number of nitrogens with zero attached hydrogens (tertiary/aromatic N) is 3. The first kappa shape index (κ1) is 19.2. The number of phosphoric ester groups is 1. The minimum atomic E-state index is -4.38. The summed E-state index contributed by atoms with van der Waals surface area (Å²) in [6.45, 7) is -1.41. The number of fused-ring (bicyclic) bond motifs is 1. The monoisotopic (exact) mass is 378 g/mol. The van der Waals surface area contributed by atoms with E-state index in [0.717, 1.165) is 0 Å². The summed E-state index contributed by atoms with van der Waals surface area (Å²) in [6, 6.07) is 2.60. The molecule has 0 spiro atoms. The Morgan fingerprint density at radius 1 is 1.36 bits per heavy atom. The fraction of sp³-hybridized carbons (Fsp3) is 0.455. The molecule has 0 radical (unpaired) electrons. The SMILES string of the molecule is O=[N+]([O-])c1ccc(NCCOP(=O)(O)OC[C@H](O)CO)c2nonc12. The van der Waals surface area contributed by atoms with Gasteiger partial charge in [-0.2, -0.15) is 0 Å². The lowest BCUT2D eigenvalue weighted by molar-refractivity contribution is -0.383. The Bertz CT molecular complexity index is 782. The number of phosphoric acid groups is 1. The standard InChI is InChI=1S/C11H15N4O9P/c16-5-7(17)6-23-25(20,21)22-4-3-12-8-1-2-9(15(18)19)11-10(8)13-24-14-11/h1-2,7,12,16-17H,3-6H2,(H,20,21)/t7-/m1/s1. The van der Waals surface area contributed by atoms with Crippen molar-refractivity contribution in [1.29, 1.82) is 0 Å². The van der Waals surface area contributed by atoms with Crippen LogP contribution >= 0.6 is 7.82 Å². The molecule has 0 aliphatic rings. The number of anilines is 1. The normalized spacial score (nSPS) is 15.0. The maximum atomic E-state index is 11.5. The fourth-order valence-corrected chi connectivity index (χ4v) is 2.52. The van der Waals surface area contributed by atoms with Gasteiger partial charge in [0, 0.05) is 12.6 Å². The van der Waals surface area contributed by atoms with Crippen molar-refractivity contribution >= 4 is 30.2 Å². The molecule has 4 N–H and O–H groups in total. The van der Waals surface area contributed by atoms with Gasteiger partial charge in [-0.15, -0.1) is 0 Å². The second kappa shape index (κ2) is 8.29. The molecule has 0 fully saturated rings. The Morgan fingerprint density at radius 3 is 2.76 bits per heavy atom. The van der Waals surface area contributed by atoms with Crippen LogP contribution in [-0.4, -0.2) is 62.8 Å². The lowest BCUT2D eigenvalue weighted by Gasteiger charge is -2.14.